The van der Waals surface area contributed by atoms with Gasteiger partial charge in [0.1, 0.15) is 0 Å². The van der Waals surface area contributed by atoms with Crippen LogP contribution in [0.5, 0.6) is 0 Å². The maximum atomic E-state index is 12.1. The van der Waals surface area contributed by atoms with Crippen molar-refractivity contribution < 1.29 is 4.79 Å². The molecule has 0 spiro atoms. The van der Waals surface area contributed by atoms with Crippen molar-refractivity contribution in [2.75, 3.05) is 20.6 Å². The molecule has 0 unspecified atom stereocenters. The van der Waals surface area contributed by atoms with Crippen LogP contribution in [0.2, 0.25) is 0 Å². The second-order valence-corrected chi connectivity index (χ2v) is 5.81. The average molecular weight is 225 g/mol. The predicted octanol–water partition coefficient (Wildman–Crippen LogP) is 2.75. The van der Waals surface area contributed by atoms with Crippen molar-refractivity contribution in [1.29, 1.82) is 0 Å². The van der Waals surface area contributed by atoms with Crippen LogP contribution in [-0.2, 0) is 0 Å². The lowest BCUT2D eigenvalue weighted by atomic mass is 9.99. The molecule has 0 aliphatic rings. The van der Waals surface area contributed by atoms with Crippen LogP contribution in [0.25, 0.3) is 0 Å². The Labute approximate surface area is 95.9 Å². The van der Waals surface area contributed by atoms with E-state index in [9.17, 15) is 4.79 Å². The molecule has 0 N–H and O–H groups in total. The highest BCUT2D eigenvalue weighted by atomic mass is 32.1. The van der Waals surface area contributed by atoms with Gasteiger partial charge < -0.3 is 4.90 Å². The van der Waals surface area contributed by atoms with Gasteiger partial charge in [0, 0.05) is 27.8 Å². The van der Waals surface area contributed by atoms with Gasteiger partial charge in [0.15, 0.2) is 5.78 Å². The fourth-order valence-corrected chi connectivity index (χ4v) is 2.70. The van der Waals surface area contributed by atoms with E-state index in [2.05, 4.69) is 4.90 Å². The summed E-state index contributed by atoms with van der Waals surface area (Å²) >= 11 is 1.70. The van der Waals surface area contributed by atoms with E-state index in [0.717, 1.165) is 17.0 Å². The van der Waals surface area contributed by atoms with Crippen LogP contribution in [0.15, 0.2) is 6.07 Å². The second kappa shape index (κ2) is 4.90. The van der Waals surface area contributed by atoms with E-state index in [1.807, 2.05) is 40.9 Å². The summed E-state index contributed by atoms with van der Waals surface area (Å²) in [7, 11) is 3.99. The zero-order valence-corrected chi connectivity index (χ0v) is 10.9. The largest absolute Gasteiger partial charge is 0.309 e. The molecule has 1 aromatic heterocycles. The van der Waals surface area contributed by atoms with E-state index in [0.29, 0.717) is 0 Å². The Morgan fingerprint density at radius 1 is 1.47 bits per heavy atom. The van der Waals surface area contributed by atoms with E-state index in [-0.39, 0.29) is 11.7 Å². The quantitative estimate of drug-likeness (QED) is 0.734. The molecule has 15 heavy (non-hydrogen) atoms. The third kappa shape index (κ3) is 3.14. The highest BCUT2D eigenvalue weighted by Crippen LogP contribution is 2.23. The Morgan fingerprint density at radius 2 is 2.07 bits per heavy atom. The minimum absolute atomic E-state index is 0.0766. The molecular formula is C12H19NOS. The van der Waals surface area contributed by atoms with Gasteiger partial charge in [-0.15, -0.1) is 11.3 Å². The third-order valence-electron chi connectivity index (χ3n) is 2.39. The molecule has 0 saturated carbocycles. The molecule has 0 aromatic carbocycles. The summed E-state index contributed by atoms with van der Waals surface area (Å²) in [5.41, 5.74) is 0.909. The van der Waals surface area contributed by atoms with Crippen LogP contribution >= 0.6 is 11.3 Å². The topological polar surface area (TPSA) is 20.3 Å². The first-order valence-electron chi connectivity index (χ1n) is 5.17. The van der Waals surface area contributed by atoms with Crippen molar-refractivity contribution in [1.82, 2.24) is 4.90 Å². The SMILES string of the molecule is Cc1cc(C(=O)[C@@H](C)CN(C)C)c(C)s1. The number of thiophene rings is 1. The first kappa shape index (κ1) is 12.4. The van der Waals surface area contributed by atoms with Crippen LogP contribution in [0.4, 0.5) is 0 Å². The molecule has 2 nitrogen and oxygen atoms in total. The number of hydrogen-bond acceptors (Lipinski definition) is 3. The minimum Gasteiger partial charge on any atom is -0.309 e. The molecule has 0 bridgehead atoms. The van der Waals surface area contributed by atoms with Gasteiger partial charge >= 0.3 is 0 Å². The lowest BCUT2D eigenvalue weighted by Gasteiger charge is -2.15. The van der Waals surface area contributed by atoms with Crippen LogP contribution in [0, 0.1) is 19.8 Å². The molecule has 0 aliphatic carbocycles. The predicted molar refractivity (Wildman–Crippen MR) is 65.8 cm³/mol. The number of rotatable bonds is 4. The minimum atomic E-state index is 0.0766. The molecule has 0 radical (unpaired) electrons. The number of ketones is 1. The molecule has 1 atom stereocenters. The van der Waals surface area contributed by atoms with E-state index in [1.54, 1.807) is 11.3 Å². The van der Waals surface area contributed by atoms with Crippen LogP contribution in [0.3, 0.4) is 0 Å². The number of aryl methyl sites for hydroxylation is 2. The Hall–Kier alpha value is -0.670. The van der Waals surface area contributed by atoms with Gasteiger partial charge in [0.05, 0.1) is 0 Å². The number of Topliss-reactive ketones (excluding diaryl/α,β-unsaturated/α-hetero) is 1. The summed E-state index contributed by atoms with van der Waals surface area (Å²) in [5, 5.41) is 0. The number of carbonyl (C=O) groups is 1. The standard InChI is InChI=1S/C12H19NOS/c1-8(7-13(4)5)12(14)11-6-9(2)15-10(11)3/h6,8H,7H2,1-5H3/t8-/m0/s1. The van der Waals surface area contributed by atoms with Gasteiger partial charge in [0.2, 0.25) is 0 Å². The first-order valence-corrected chi connectivity index (χ1v) is 5.99. The average Bonchev–Trinajstić information content (AvgIpc) is 2.42. The highest BCUT2D eigenvalue weighted by molar-refractivity contribution is 7.12. The Morgan fingerprint density at radius 3 is 2.47 bits per heavy atom. The summed E-state index contributed by atoms with van der Waals surface area (Å²) in [6.07, 6.45) is 0. The molecule has 0 amide bonds. The van der Waals surface area contributed by atoms with Crippen LogP contribution < -0.4 is 0 Å². The zero-order valence-electron chi connectivity index (χ0n) is 10.1. The van der Waals surface area contributed by atoms with Crippen molar-refractivity contribution in [3.63, 3.8) is 0 Å². The van der Waals surface area contributed by atoms with E-state index < -0.39 is 0 Å². The second-order valence-electron chi connectivity index (χ2n) is 4.35. The van der Waals surface area contributed by atoms with Gasteiger partial charge in [-0.1, -0.05) is 6.92 Å². The molecule has 0 saturated heterocycles. The number of carbonyl (C=O) groups excluding carboxylic acids is 1. The van der Waals surface area contributed by atoms with Crippen molar-refractivity contribution in [2.24, 2.45) is 5.92 Å². The number of nitrogens with zero attached hydrogens (tertiary/aromatic N) is 1. The molecule has 1 heterocycles. The molecule has 1 rings (SSSR count). The maximum Gasteiger partial charge on any atom is 0.168 e. The zero-order chi connectivity index (χ0) is 11.6. The van der Waals surface area contributed by atoms with E-state index >= 15 is 0 Å². The van der Waals surface area contributed by atoms with E-state index in [4.69, 9.17) is 0 Å². The summed E-state index contributed by atoms with van der Waals surface area (Å²) in [5.74, 6) is 0.346. The smallest absolute Gasteiger partial charge is 0.168 e. The Balaban J connectivity index is 2.80. The lowest BCUT2D eigenvalue weighted by molar-refractivity contribution is 0.0910. The molecule has 1 aromatic rings. The van der Waals surface area contributed by atoms with Crippen molar-refractivity contribution in [2.45, 2.75) is 20.8 Å². The molecule has 0 aliphatic heterocycles. The third-order valence-corrected chi connectivity index (χ3v) is 3.36. The van der Waals surface area contributed by atoms with Gasteiger partial charge in [0.25, 0.3) is 0 Å². The lowest BCUT2D eigenvalue weighted by Crippen LogP contribution is -2.25. The van der Waals surface area contributed by atoms with Gasteiger partial charge in [-0.2, -0.15) is 0 Å². The first-order chi connectivity index (χ1) is 6.91. The molecule has 3 heteroatoms. The maximum absolute atomic E-state index is 12.1. The molecule has 84 valence electrons. The Bertz CT molecular complexity index is 355. The van der Waals surface area contributed by atoms with Crippen LogP contribution in [-0.4, -0.2) is 31.3 Å². The van der Waals surface area contributed by atoms with Crippen molar-refractivity contribution >= 4 is 17.1 Å². The highest BCUT2D eigenvalue weighted by Gasteiger charge is 2.19. The fourth-order valence-electron chi connectivity index (χ4n) is 1.77. The van der Waals surface area contributed by atoms with Crippen molar-refractivity contribution in [3.8, 4) is 0 Å². The summed E-state index contributed by atoms with van der Waals surface area (Å²) in [6.45, 7) is 6.88. The summed E-state index contributed by atoms with van der Waals surface area (Å²) < 4.78 is 0. The van der Waals surface area contributed by atoms with E-state index in [1.165, 1.54) is 4.88 Å². The fraction of sp³-hybridized carbons (Fsp3) is 0.583. The van der Waals surface area contributed by atoms with Gasteiger partial charge in [-0.25, -0.2) is 0 Å². The van der Waals surface area contributed by atoms with Crippen molar-refractivity contribution in [3.05, 3.63) is 21.4 Å². The molecular weight excluding hydrogens is 206 g/mol. The normalized spacial score (nSPS) is 13.2. The van der Waals surface area contributed by atoms with Crippen LogP contribution in [0.1, 0.15) is 27.0 Å². The monoisotopic (exact) mass is 225 g/mol. The van der Waals surface area contributed by atoms with Gasteiger partial charge in [-0.05, 0) is 34.0 Å². The molecule has 0 fully saturated rings. The Kier molecular flexibility index (Phi) is 4.05. The summed E-state index contributed by atoms with van der Waals surface area (Å²) in [6, 6.07) is 2.01. The number of hydrogen-bond donors (Lipinski definition) is 0. The summed E-state index contributed by atoms with van der Waals surface area (Å²) in [4.78, 5) is 16.5. The van der Waals surface area contributed by atoms with Gasteiger partial charge in [-0.3, -0.25) is 4.79 Å².